The van der Waals surface area contributed by atoms with Crippen molar-refractivity contribution in [2.24, 2.45) is 0 Å². The molecule has 0 fully saturated rings. The zero-order valence-electron chi connectivity index (χ0n) is 10.8. The van der Waals surface area contributed by atoms with Crippen molar-refractivity contribution in [3.8, 4) is 0 Å². The fourth-order valence-electron chi connectivity index (χ4n) is 1.64. The van der Waals surface area contributed by atoms with Crippen molar-refractivity contribution < 1.29 is 9.53 Å². The first-order chi connectivity index (χ1) is 8.60. The van der Waals surface area contributed by atoms with Gasteiger partial charge in [0.15, 0.2) is 0 Å². The molecule has 0 aliphatic carbocycles. The lowest BCUT2D eigenvalue weighted by atomic mass is 10.2. The standard InChI is InChI=1S/C13H19ClN2O2/c1-3-16(4-2)8-9-18-13(17)12-10(14)6-5-7-11(12)15/h5-7H,3-4,8-9,15H2,1-2H3. The summed E-state index contributed by atoms with van der Waals surface area (Å²) in [6.07, 6.45) is 0. The van der Waals surface area contributed by atoms with E-state index in [0.717, 1.165) is 13.1 Å². The first-order valence-electron chi connectivity index (χ1n) is 6.03. The molecule has 1 aromatic carbocycles. The molecule has 0 heterocycles. The molecule has 0 saturated heterocycles. The van der Waals surface area contributed by atoms with Crippen molar-refractivity contribution in [1.82, 2.24) is 4.90 Å². The largest absolute Gasteiger partial charge is 0.461 e. The molecular weight excluding hydrogens is 252 g/mol. The third kappa shape index (κ3) is 3.89. The van der Waals surface area contributed by atoms with Crippen molar-refractivity contribution in [3.63, 3.8) is 0 Å². The molecule has 1 rings (SSSR count). The molecule has 0 unspecified atom stereocenters. The molecule has 0 saturated carbocycles. The first kappa shape index (κ1) is 14.8. The Morgan fingerprint density at radius 1 is 1.39 bits per heavy atom. The van der Waals surface area contributed by atoms with Crippen LogP contribution in [-0.4, -0.2) is 37.1 Å². The van der Waals surface area contributed by atoms with Crippen LogP contribution >= 0.6 is 11.6 Å². The average Bonchev–Trinajstić information content (AvgIpc) is 2.34. The van der Waals surface area contributed by atoms with Crippen molar-refractivity contribution in [2.75, 3.05) is 32.0 Å². The van der Waals surface area contributed by atoms with Crippen LogP contribution in [0.2, 0.25) is 5.02 Å². The number of nitrogen functional groups attached to an aromatic ring is 1. The highest BCUT2D eigenvalue weighted by atomic mass is 35.5. The second-order valence-corrected chi connectivity index (χ2v) is 4.27. The van der Waals surface area contributed by atoms with Crippen LogP contribution in [0.15, 0.2) is 18.2 Å². The van der Waals surface area contributed by atoms with Gasteiger partial charge in [-0.2, -0.15) is 0 Å². The number of hydrogen-bond acceptors (Lipinski definition) is 4. The van der Waals surface area contributed by atoms with Crippen LogP contribution in [0.4, 0.5) is 5.69 Å². The highest BCUT2D eigenvalue weighted by Gasteiger charge is 2.15. The van der Waals surface area contributed by atoms with E-state index in [2.05, 4.69) is 18.7 Å². The minimum atomic E-state index is -0.467. The number of benzene rings is 1. The lowest BCUT2D eigenvalue weighted by Crippen LogP contribution is -2.28. The van der Waals surface area contributed by atoms with E-state index in [0.29, 0.717) is 23.9 Å². The van der Waals surface area contributed by atoms with E-state index in [4.69, 9.17) is 22.1 Å². The molecule has 0 amide bonds. The Morgan fingerprint density at radius 2 is 2.06 bits per heavy atom. The average molecular weight is 271 g/mol. The Kier molecular flexibility index (Phi) is 5.95. The van der Waals surface area contributed by atoms with Crippen molar-refractivity contribution >= 4 is 23.3 Å². The second kappa shape index (κ2) is 7.24. The Balaban J connectivity index is 2.56. The predicted molar refractivity (Wildman–Crippen MR) is 73.9 cm³/mol. The number of esters is 1. The highest BCUT2D eigenvalue weighted by molar-refractivity contribution is 6.34. The van der Waals surface area contributed by atoms with Gasteiger partial charge in [-0.15, -0.1) is 0 Å². The van der Waals surface area contributed by atoms with Gasteiger partial charge in [0.25, 0.3) is 0 Å². The van der Waals surface area contributed by atoms with Gasteiger partial charge >= 0.3 is 5.97 Å². The Bertz CT molecular complexity index is 386. The molecule has 4 nitrogen and oxygen atoms in total. The summed E-state index contributed by atoms with van der Waals surface area (Å²) in [6.45, 7) is 7.05. The van der Waals surface area contributed by atoms with Crippen molar-refractivity contribution in [1.29, 1.82) is 0 Å². The van der Waals surface area contributed by atoms with Crippen molar-refractivity contribution in [3.05, 3.63) is 28.8 Å². The summed E-state index contributed by atoms with van der Waals surface area (Å²) in [7, 11) is 0. The second-order valence-electron chi connectivity index (χ2n) is 3.87. The number of halogens is 1. The maximum atomic E-state index is 11.8. The molecule has 0 radical (unpaired) electrons. The van der Waals surface area contributed by atoms with Gasteiger partial charge in [0.05, 0.1) is 5.02 Å². The number of carbonyl (C=O) groups excluding carboxylic acids is 1. The van der Waals surface area contributed by atoms with Gasteiger partial charge in [-0.3, -0.25) is 0 Å². The molecule has 1 aromatic rings. The lowest BCUT2D eigenvalue weighted by molar-refractivity contribution is 0.0468. The van der Waals surface area contributed by atoms with Gasteiger partial charge < -0.3 is 15.4 Å². The summed E-state index contributed by atoms with van der Waals surface area (Å²) in [5.41, 5.74) is 6.30. The molecular formula is C13H19ClN2O2. The number of ether oxygens (including phenoxy) is 1. The van der Waals surface area contributed by atoms with E-state index in [1.54, 1.807) is 18.2 Å². The van der Waals surface area contributed by atoms with Gasteiger partial charge in [0, 0.05) is 12.2 Å². The number of hydrogen-bond donors (Lipinski definition) is 1. The summed E-state index contributed by atoms with van der Waals surface area (Å²) < 4.78 is 5.18. The van der Waals surface area contributed by atoms with Crippen LogP contribution in [0.25, 0.3) is 0 Å². The smallest absolute Gasteiger partial charge is 0.341 e. The van der Waals surface area contributed by atoms with Crippen LogP contribution < -0.4 is 5.73 Å². The minimum Gasteiger partial charge on any atom is -0.461 e. The summed E-state index contributed by atoms with van der Waals surface area (Å²) in [6, 6.07) is 4.95. The number of carbonyl (C=O) groups is 1. The maximum Gasteiger partial charge on any atom is 0.341 e. The molecule has 0 bridgehead atoms. The normalized spacial score (nSPS) is 10.7. The molecule has 2 N–H and O–H groups in total. The van der Waals surface area contributed by atoms with Crippen LogP contribution in [0.5, 0.6) is 0 Å². The van der Waals surface area contributed by atoms with Gasteiger partial charge in [0.1, 0.15) is 12.2 Å². The zero-order valence-corrected chi connectivity index (χ0v) is 11.5. The summed E-state index contributed by atoms with van der Waals surface area (Å²) in [5.74, 6) is -0.467. The zero-order chi connectivity index (χ0) is 13.5. The van der Waals surface area contributed by atoms with Gasteiger partial charge in [0.2, 0.25) is 0 Å². The topological polar surface area (TPSA) is 55.6 Å². The maximum absolute atomic E-state index is 11.8. The van der Waals surface area contributed by atoms with Crippen LogP contribution in [0, 0.1) is 0 Å². The van der Waals surface area contributed by atoms with E-state index in [9.17, 15) is 4.79 Å². The number of likely N-dealkylation sites (N-methyl/N-ethyl adjacent to an activating group) is 1. The Hall–Kier alpha value is -1.26. The lowest BCUT2D eigenvalue weighted by Gasteiger charge is -2.17. The van der Waals surface area contributed by atoms with Gasteiger partial charge in [-0.05, 0) is 25.2 Å². The quantitative estimate of drug-likeness (QED) is 0.637. The fraction of sp³-hybridized carbons (Fsp3) is 0.462. The number of nitrogens with zero attached hydrogens (tertiary/aromatic N) is 1. The Morgan fingerprint density at radius 3 is 2.61 bits per heavy atom. The van der Waals surface area contributed by atoms with E-state index in [1.807, 2.05) is 0 Å². The molecule has 0 aromatic heterocycles. The van der Waals surface area contributed by atoms with E-state index < -0.39 is 5.97 Å². The number of rotatable bonds is 6. The van der Waals surface area contributed by atoms with Crippen molar-refractivity contribution in [2.45, 2.75) is 13.8 Å². The molecule has 0 aliphatic heterocycles. The van der Waals surface area contributed by atoms with Crippen LogP contribution in [-0.2, 0) is 4.74 Å². The summed E-state index contributed by atoms with van der Waals surface area (Å²) in [5, 5.41) is 0.322. The minimum absolute atomic E-state index is 0.249. The van der Waals surface area contributed by atoms with Crippen LogP contribution in [0.3, 0.4) is 0 Å². The summed E-state index contributed by atoms with van der Waals surface area (Å²) >= 11 is 5.93. The van der Waals surface area contributed by atoms with Gasteiger partial charge in [-0.25, -0.2) is 4.79 Å². The van der Waals surface area contributed by atoms with Gasteiger partial charge in [-0.1, -0.05) is 31.5 Å². The fourth-order valence-corrected chi connectivity index (χ4v) is 1.89. The molecule has 0 aliphatic rings. The van der Waals surface area contributed by atoms with Crippen LogP contribution in [0.1, 0.15) is 24.2 Å². The predicted octanol–water partition coefficient (Wildman–Crippen LogP) is 2.42. The van der Waals surface area contributed by atoms with E-state index >= 15 is 0 Å². The molecule has 18 heavy (non-hydrogen) atoms. The SMILES string of the molecule is CCN(CC)CCOC(=O)c1c(N)cccc1Cl. The van der Waals surface area contributed by atoms with E-state index in [1.165, 1.54) is 0 Å². The third-order valence-corrected chi connectivity index (χ3v) is 3.10. The van der Waals surface area contributed by atoms with E-state index in [-0.39, 0.29) is 5.56 Å². The first-order valence-corrected chi connectivity index (χ1v) is 6.41. The number of nitrogens with two attached hydrogens (primary N) is 1. The summed E-state index contributed by atoms with van der Waals surface area (Å²) in [4.78, 5) is 14.0. The molecule has 5 heteroatoms. The number of anilines is 1. The third-order valence-electron chi connectivity index (χ3n) is 2.79. The molecule has 100 valence electrons. The Labute approximate surface area is 113 Å². The highest BCUT2D eigenvalue weighted by Crippen LogP contribution is 2.22. The monoisotopic (exact) mass is 270 g/mol. The molecule has 0 spiro atoms. The molecule has 0 atom stereocenters.